The van der Waals surface area contributed by atoms with Crippen LogP contribution >= 0.6 is 0 Å². The second kappa shape index (κ2) is 8.18. The number of amides is 1. The average molecular weight is 391 g/mol. The average Bonchev–Trinajstić information content (AvgIpc) is 3.21. The molecule has 0 saturated carbocycles. The maximum Gasteiger partial charge on any atom is 0.337 e. The lowest BCUT2D eigenvalue weighted by molar-refractivity contribution is -0.134. The van der Waals surface area contributed by atoms with Crippen LogP contribution in [0.2, 0.25) is 0 Å². The first-order chi connectivity index (χ1) is 14.2. The van der Waals surface area contributed by atoms with Crippen LogP contribution in [0.25, 0.3) is 11.3 Å². The second-order valence-electron chi connectivity index (χ2n) is 6.77. The van der Waals surface area contributed by atoms with Gasteiger partial charge in [-0.3, -0.25) is 9.89 Å². The zero-order valence-electron chi connectivity index (χ0n) is 16.1. The second-order valence-corrected chi connectivity index (χ2v) is 6.77. The molecule has 7 nitrogen and oxygen atoms in total. The molecule has 1 aliphatic rings. The Kier molecular flexibility index (Phi) is 5.29. The van der Waals surface area contributed by atoms with Crippen molar-refractivity contribution in [2.75, 3.05) is 20.3 Å². The standard InChI is InChI=1S/C22H21N3O4/c1-28-22(27)16-7-9-17(10-8-16)29-14-20(26)25-12-11-19-18(13-25)21(24-23-19)15-5-3-2-4-6-15/h2-10H,11-14H2,1H3,(H,23,24). The van der Waals surface area contributed by atoms with Crippen LogP contribution in [0.5, 0.6) is 5.75 Å². The summed E-state index contributed by atoms with van der Waals surface area (Å²) in [6, 6.07) is 16.5. The van der Waals surface area contributed by atoms with Gasteiger partial charge in [-0.25, -0.2) is 4.79 Å². The number of benzene rings is 2. The number of nitrogens with zero attached hydrogens (tertiary/aromatic N) is 2. The summed E-state index contributed by atoms with van der Waals surface area (Å²) < 4.78 is 10.3. The van der Waals surface area contributed by atoms with Crippen LogP contribution in [-0.4, -0.2) is 47.2 Å². The van der Waals surface area contributed by atoms with Crippen LogP contribution < -0.4 is 4.74 Å². The molecule has 1 aromatic heterocycles. The van der Waals surface area contributed by atoms with Crippen molar-refractivity contribution in [3.63, 3.8) is 0 Å². The van der Waals surface area contributed by atoms with Crippen LogP contribution in [0.15, 0.2) is 54.6 Å². The molecule has 1 aliphatic heterocycles. The van der Waals surface area contributed by atoms with Crippen molar-refractivity contribution in [1.82, 2.24) is 15.1 Å². The van der Waals surface area contributed by atoms with E-state index in [0.717, 1.165) is 28.9 Å². The summed E-state index contributed by atoms with van der Waals surface area (Å²) in [6.07, 6.45) is 0.731. The molecule has 7 heteroatoms. The lowest BCUT2D eigenvalue weighted by Gasteiger charge is -2.27. The maximum atomic E-state index is 12.7. The van der Waals surface area contributed by atoms with E-state index in [2.05, 4.69) is 14.9 Å². The van der Waals surface area contributed by atoms with Crippen LogP contribution in [0.3, 0.4) is 0 Å². The number of nitrogens with one attached hydrogen (secondary N) is 1. The summed E-state index contributed by atoms with van der Waals surface area (Å²) in [4.78, 5) is 25.9. The van der Waals surface area contributed by atoms with Gasteiger partial charge in [0.25, 0.3) is 5.91 Å². The molecule has 4 rings (SSSR count). The normalized spacial score (nSPS) is 12.9. The van der Waals surface area contributed by atoms with E-state index in [1.807, 2.05) is 30.3 Å². The molecule has 0 bridgehead atoms. The molecular weight excluding hydrogens is 370 g/mol. The van der Waals surface area contributed by atoms with E-state index < -0.39 is 5.97 Å². The van der Waals surface area contributed by atoms with Gasteiger partial charge in [0.1, 0.15) is 5.75 Å². The third-order valence-corrected chi connectivity index (χ3v) is 4.97. The highest BCUT2D eigenvalue weighted by atomic mass is 16.5. The van der Waals surface area contributed by atoms with Crippen molar-refractivity contribution in [3.05, 3.63) is 71.4 Å². The Bertz CT molecular complexity index is 1010. The number of carbonyl (C=O) groups is 2. The van der Waals surface area contributed by atoms with Crippen LogP contribution in [0.4, 0.5) is 0 Å². The smallest absolute Gasteiger partial charge is 0.337 e. The first kappa shape index (κ1) is 18.7. The SMILES string of the molecule is COC(=O)c1ccc(OCC(=O)N2CCc3[nH]nc(-c4ccccc4)c3C2)cc1. The number of H-pyrrole nitrogens is 1. The predicted octanol–water partition coefficient (Wildman–Crippen LogP) is 2.83. The highest BCUT2D eigenvalue weighted by molar-refractivity contribution is 5.89. The van der Waals surface area contributed by atoms with Crippen LogP contribution in [-0.2, 0) is 22.5 Å². The van der Waals surface area contributed by atoms with E-state index in [-0.39, 0.29) is 12.5 Å². The number of fused-ring (bicyclic) bond motifs is 1. The summed E-state index contributed by atoms with van der Waals surface area (Å²) in [5.74, 6) is 0.0240. The van der Waals surface area contributed by atoms with Gasteiger partial charge >= 0.3 is 5.97 Å². The summed E-state index contributed by atoms with van der Waals surface area (Å²) in [5.41, 5.74) is 4.48. The fraction of sp³-hybridized carbons (Fsp3) is 0.227. The molecule has 29 heavy (non-hydrogen) atoms. The number of aromatic amines is 1. The molecular formula is C22H21N3O4. The van der Waals surface area contributed by atoms with Crippen LogP contribution in [0, 0.1) is 0 Å². The lowest BCUT2D eigenvalue weighted by atomic mass is 10.0. The Hall–Kier alpha value is -3.61. The van der Waals surface area contributed by atoms with E-state index in [0.29, 0.717) is 24.4 Å². The highest BCUT2D eigenvalue weighted by Crippen LogP contribution is 2.28. The number of hydrogen-bond acceptors (Lipinski definition) is 5. The van der Waals surface area contributed by atoms with Crippen molar-refractivity contribution in [3.8, 4) is 17.0 Å². The topological polar surface area (TPSA) is 84.5 Å². The fourth-order valence-corrected chi connectivity index (χ4v) is 3.38. The van der Waals surface area contributed by atoms with Gasteiger partial charge in [0.05, 0.1) is 18.4 Å². The third kappa shape index (κ3) is 3.99. The minimum atomic E-state index is -0.411. The van der Waals surface area contributed by atoms with E-state index >= 15 is 0 Å². The number of rotatable bonds is 5. The zero-order chi connectivity index (χ0) is 20.2. The first-order valence-corrected chi connectivity index (χ1v) is 9.36. The van der Waals surface area contributed by atoms with E-state index in [1.54, 1.807) is 29.2 Å². The number of methoxy groups -OCH3 is 1. The maximum absolute atomic E-state index is 12.7. The molecule has 2 aromatic carbocycles. The Labute approximate surface area is 168 Å². The zero-order valence-corrected chi connectivity index (χ0v) is 16.1. The molecule has 0 unspecified atom stereocenters. The minimum Gasteiger partial charge on any atom is -0.484 e. The van der Waals surface area contributed by atoms with Gasteiger partial charge in [0, 0.05) is 36.3 Å². The molecule has 2 heterocycles. The lowest BCUT2D eigenvalue weighted by Crippen LogP contribution is -2.38. The van der Waals surface area contributed by atoms with Crippen molar-refractivity contribution >= 4 is 11.9 Å². The van der Waals surface area contributed by atoms with Gasteiger partial charge < -0.3 is 14.4 Å². The van der Waals surface area contributed by atoms with E-state index in [4.69, 9.17) is 4.74 Å². The van der Waals surface area contributed by atoms with Crippen molar-refractivity contribution in [2.45, 2.75) is 13.0 Å². The summed E-state index contributed by atoms with van der Waals surface area (Å²) in [6.45, 7) is 1.05. The van der Waals surface area contributed by atoms with Crippen molar-refractivity contribution in [1.29, 1.82) is 0 Å². The molecule has 1 N–H and O–H groups in total. The third-order valence-electron chi connectivity index (χ3n) is 4.97. The van der Waals surface area contributed by atoms with Gasteiger partial charge in [-0.2, -0.15) is 5.10 Å². The predicted molar refractivity (Wildman–Crippen MR) is 106 cm³/mol. The minimum absolute atomic E-state index is 0.0641. The molecule has 0 radical (unpaired) electrons. The van der Waals surface area contributed by atoms with E-state index in [1.165, 1.54) is 7.11 Å². The van der Waals surface area contributed by atoms with Crippen molar-refractivity contribution < 1.29 is 19.1 Å². The molecule has 0 aliphatic carbocycles. The number of aromatic nitrogens is 2. The summed E-state index contributed by atoms with van der Waals surface area (Å²) in [7, 11) is 1.33. The van der Waals surface area contributed by atoms with Gasteiger partial charge in [0.15, 0.2) is 6.61 Å². The first-order valence-electron chi connectivity index (χ1n) is 9.36. The Morgan fingerprint density at radius 3 is 2.59 bits per heavy atom. The van der Waals surface area contributed by atoms with Crippen LogP contribution in [0.1, 0.15) is 21.6 Å². The number of hydrogen-bond donors (Lipinski definition) is 1. The molecule has 1 amide bonds. The fourth-order valence-electron chi connectivity index (χ4n) is 3.38. The van der Waals surface area contributed by atoms with Crippen molar-refractivity contribution in [2.24, 2.45) is 0 Å². The molecule has 0 spiro atoms. The molecule has 0 saturated heterocycles. The molecule has 0 fully saturated rings. The quantitative estimate of drug-likeness (QED) is 0.676. The Morgan fingerprint density at radius 1 is 1.10 bits per heavy atom. The van der Waals surface area contributed by atoms with Gasteiger partial charge in [-0.1, -0.05) is 30.3 Å². The molecule has 0 atom stereocenters. The molecule has 148 valence electrons. The Balaban J connectivity index is 1.40. The summed E-state index contributed by atoms with van der Waals surface area (Å²) >= 11 is 0. The van der Waals surface area contributed by atoms with Gasteiger partial charge in [0.2, 0.25) is 0 Å². The number of carbonyl (C=O) groups excluding carboxylic acids is 2. The molecule has 3 aromatic rings. The summed E-state index contributed by atoms with van der Waals surface area (Å²) in [5, 5.41) is 7.56. The monoisotopic (exact) mass is 391 g/mol. The largest absolute Gasteiger partial charge is 0.484 e. The number of esters is 1. The Morgan fingerprint density at radius 2 is 1.86 bits per heavy atom. The number of ether oxygens (including phenoxy) is 2. The van der Waals surface area contributed by atoms with E-state index in [9.17, 15) is 9.59 Å². The van der Waals surface area contributed by atoms with Gasteiger partial charge in [-0.15, -0.1) is 0 Å². The highest BCUT2D eigenvalue weighted by Gasteiger charge is 2.25. The van der Waals surface area contributed by atoms with Gasteiger partial charge in [-0.05, 0) is 24.3 Å².